The highest BCUT2D eigenvalue weighted by atomic mass is 79.9. The minimum Gasteiger partial charge on any atom is -0.373 e. The summed E-state index contributed by atoms with van der Waals surface area (Å²) in [4.78, 5) is 11.5. The predicted octanol–water partition coefficient (Wildman–Crippen LogP) is 2.18. The molecule has 0 saturated carbocycles. The molecule has 0 bridgehead atoms. The predicted molar refractivity (Wildman–Crippen MR) is 62.0 cm³/mol. The van der Waals surface area contributed by atoms with Crippen LogP contribution in [0.25, 0.3) is 0 Å². The van der Waals surface area contributed by atoms with Crippen LogP contribution in [0.15, 0.2) is 27.6 Å². The van der Waals surface area contributed by atoms with Crippen LogP contribution in [0.5, 0.6) is 0 Å². The molecule has 1 aliphatic heterocycles. The molecule has 2 atom stereocenters. The maximum absolute atomic E-state index is 11.5. The maximum Gasteiger partial charge on any atom is 0.250 e. The SMILES string of the molecule is CC1CCC(Cn2cc(Br)ccc2=O)O1. The summed E-state index contributed by atoms with van der Waals surface area (Å²) in [5.41, 5.74) is 0.0290. The lowest BCUT2D eigenvalue weighted by molar-refractivity contribution is 0.0452. The van der Waals surface area contributed by atoms with Gasteiger partial charge in [0.05, 0.1) is 18.8 Å². The summed E-state index contributed by atoms with van der Waals surface area (Å²) in [6, 6.07) is 3.33. The van der Waals surface area contributed by atoms with E-state index < -0.39 is 0 Å². The van der Waals surface area contributed by atoms with Crippen molar-refractivity contribution >= 4 is 15.9 Å². The summed E-state index contributed by atoms with van der Waals surface area (Å²) in [6.07, 6.45) is 4.47. The molecule has 0 N–H and O–H groups in total. The zero-order valence-corrected chi connectivity index (χ0v) is 10.2. The average Bonchev–Trinajstić information content (AvgIpc) is 2.58. The molecule has 2 heterocycles. The molecule has 2 unspecified atom stereocenters. The van der Waals surface area contributed by atoms with Crippen molar-refractivity contribution < 1.29 is 4.74 Å². The Hall–Kier alpha value is -0.610. The topological polar surface area (TPSA) is 31.2 Å². The monoisotopic (exact) mass is 271 g/mol. The highest BCUT2D eigenvalue weighted by molar-refractivity contribution is 9.10. The smallest absolute Gasteiger partial charge is 0.250 e. The van der Waals surface area contributed by atoms with E-state index in [-0.39, 0.29) is 11.7 Å². The second kappa shape index (κ2) is 4.49. The Kier molecular flexibility index (Phi) is 3.26. The van der Waals surface area contributed by atoms with Gasteiger partial charge in [-0.05, 0) is 41.8 Å². The number of ether oxygens (including phenoxy) is 1. The van der Waals surface area contributed by atoms with Crippen molar-refractivity contribution in [1.29, 1.82) is 0 Å². The molecule has 0 radical (unpaired) electrons. The van der Waals surface area contributed by atoms with E-state index in [4.69, 9.17) is 4.74 Å². The first-order valence-corrected chi connectivity index (χ1v) is 5.96. The molecule has 82 valence electrons. The van der Waals surface area contributed by atoms with Crippen LogP contribution >= 0.6 is 15.9 Å². The summed E-state index contributed by atoms with van der Waals surface area (Å²) >= 11 is 3.36. The van der Waals surface area contributed by atoms with Crippen molar-refractivity contribution in [1.82, 2.24) is 4.57 Å². The van der Waals surface area contributed by atoms with Gasteiger partial charge < -0.3 is 9.30 Å². The first-order chi connectivity index (χ1) is 7.15. The molecular weight excluding hydrogens is 258 g/mol. The largest absolute Gasteiger partial charge is 0.373 e. The van der Waals surface area contributed by atoms with Crippen molar-refractivity contribution in [2.24, 2.45) is 0 Å². The summed E-state index contributed by atoms with van der Waals surface area (Å²) in [7, 11) is 0. The fraction of sp³-hybridized carbons (Fsp3) is 0.545. The van der Waals surface area contributed by atoms with Crippen molar-refractivity contribution in [3.63, 3.8) is 0 Å². The van der Waals surface area contributed by atoms with Gasteiger partial charge in [0.2, 0.25) is 0 Å². The summed E-state index contributed by atoms with van der Waals surface area (Å²) in [5, 5.41) is 0. The fourth-order valence-electron chi connectivity index (χ4n) is 1.88. The quantitative estimate of drug-likeness (QED) is 0.826. The molecule has 0 aromatic carbocycles. The number of pyridine rings is 1. The van der Waals surface area contributed by atoms with Crippen molar-refractivity contribution in [3.05, 3.63) is 33.2 Å². The third-order valence-corrected chi connectivity index (χ3v) is 3.14. The van der Waals surface area contributed by atoms with Gasteiger partial charge in [-0.25, -0.2) is 0 Å². The van der Waals surface area contributed by atoms with E-state index in [9.17, 15) is 4.79 Å². The van der Waals surface area contributed by atoms with Crippen LogP contribution in [-0.4, -0.2) is 16.8 Å². The van der Waals surface area contributed by atoms with E-state index >= 15 is 0 Å². The zero-order chi connectivity index (χ0) is 10.8. The first-order valence-electron chi connectivity index (χ1n) is 5.16. The molecule has 0 amide bonds. The number of rotatable bonds is 2. The Morgan fingerprint density at radius 1 is 1.53 bits per heavy atom. The fourth-order valence-corrected chi connectivity index (χ4v) is 2.26. The van der Waals surface area contributed by atoms with Crippen molar-refractivity contribution in [3.8, 4) is 0 Å². The Balaban J connectivity index is 2.10. The zero-order valence-electron chi connectivity index (χ0n) is 8.65. The second-order valence-corrected chi connectivity index (χ2v) is 4.90. The molecule has 1 fully saturated rings. The third-order valence-electron chi connectivity index (χ3n) is 2.67. The van der Waals surface area contributed by atoms with Gasteiger partial charge in [0.15, 0.2) is 0 Å². The number of halogens is 1. The molecule has 1 aromatic heterocycles. The van der Waals surface area contributed by atoms with Gasteiger partial charge in [0.25, 0.3) is 5.56 Å². The van der Waals surface area contributed by atoms with Gasteiger partial charge in [0, 0.05) is 16.7 Å². The van der Waals surface area contributed by atoms with Crippen LogP contribution in [0.1, 0.15) is 19.8 Å². The molecule has 1 aliphatic rings. The highest BCUT2D eigenvalue weighted by Crippen LogP contribution is 2.20. The van der Waals surface area contributed by atoms with Gasteiger partial charge in [-0.2, -0.15) is 0 Å². The Morgan fingerprint density at radius 3 is 3.00 bits per heavy atom. The maximum atomic E-state index is 11.5. The molecular formula is C11H14BrNO2. The molecule has 15 heavy (non-hydrogen) atoms. The van der Waals surface area contributed by atoms with E-state index in [1.165, 1.54) is 0 Å². The average molecular weight is 272 g/mol. The van der Waals surface area contributed by atoms with Crippen LogP contribution in [0.4, 0.5) is 0 Å². The summed E-state index contributed by atoms with van der Waals surface area (Å²) < 4.78 is 8.31. The lowest BCUT2D eigenvalue weighted by Crippen LogP contribution is -2.25. The number of aromatic nitrogens is 1. The van der Waals surface area contributed by atoms with Crippen LogP contribution in [0, 0.1) is 0 Å². The lowest BCUT2D eigenvalue weighted by Gasteiger charge is -2.13. The highest BCUT2D eigenvalue weighted by Gasteiger charge is 2.22. The molecule has 4 heteroatoms. The standard InChI is InChI=1S/C11H14BrNO2/c1-8-2-4-10(15-8)7-13-6-9(12)3-5-11(13)14/h3,5-6,8,10H,2,4,7H2,1H3. The van der Waals surface area contributed by atoms with Crippen molar-refractivity contribution in [2.75, 3.05) is 0 Å². The lowest BCUT2D eigenvalue weighted by atomic mass is 10.2. The van der Waals surface area contributed by atoms with Gasteiger partial charge >= 0.3 is 0 Å². The van der Waals surface area contributed by atoms with E-state index in [0.29, 0.717) is 12.6 Å². The first kappa shape index (κ1) is 10.9. The Bertz CT molecular complexity index is 402. The Morgan fingerprint density at radius 2 is 2.33 bits per heavy atom. The van der Waals surface area contributed by atoms with Gasteiger partial charge in [0.1, 0.15) is 0 Å². The minimum atomic E-state index is 0.0290. The molecule has 0 spiro atoms. The molecule has 1 aromatic rings. The Labute approximate surface area is 97.2 Å². The normalized spacial score (nSPS) is 25.7. The van der Waals surface area contributed by atoms with Crippen molar-refractivity contribution in [2.45, 2.75) is 38.5 Å². The molecule has 0 aliphatic carbocycles. The van der Waals surface area contributed by atoms with E-state index in [1.54, 1.807) is 16.7 Å². The molecule has 3 nitrogen and oxygen atoms in total. The van der Waals surface area contributed by atoms with Crippen LogP contribution in [0.2, 0.25) is 0 Å². The molecule has 2 rings (SSSR count). The summed E-state index contributed by atoms with van der Waals surface area (Å²) in [6.45, 7) is 2.73. The van der Waals surface area contributed by atoms with E-state index in [2.05, 4.69) is 22.9 Å². The van der Waals surface area contributed by atoms with E-state index in [0.717, 1.165) is 17.3 Å². The van der Waals surface area contributed by atoms with Gasteiger partial charge in [-0.15, -0.1) is 0 Å². The number of nitrogens with zero attached hydrogens (tertiary/aromatic N) is 1. The number of hydrogen-bond acceptors (Lipinski definition) is 2. The van der Waals surface area contributed by atoms with Crippen LogP contribution < -0.4 is 5.56 Å². The third kappa shape index (κ3) is 2.69. The second-order valence-electron chi connectivity index (χ2n) is 3.98. The molecule has 1 saturated heterocycles. The number of hydrogen-bond donors (Lipinski definition) is 0. The van der Waals surface area contributed by atoms with Gasteiger partial charge in [-0.3, -0.25) is 4.79 Å². The van der Waals surface area contributed by atoms with Gasteiger partial charge in [-0.1, -0.05) is 0 Å². The minimum absolute atomic E-state index is 0.0290. The van der Waals surface area contributed by atoms with E-state index in [1.807, 2.05) is 6.20 Å². The summed E-state index contributed by atoms with van der Waals surface area (Å²) in [5.74, 6) is 0. The van der Waals surface area contributed by atoms with Crippen LogP contribution in [-0.2, 0) is 11.3 Å². The van der Waals surface area contributed by atoms with Crippen LogP contribution in [0.3, 0.4) is 0 Å².